The molecule has 6 heteroatoms. The van der Waals surface area contributed by atoms with E-state index in [1.54, 1.807) is 0 Å². The standard InChI is InChI=1S/C18H30N4OS/c1-3-19-17(21-12-8-16-7-5-6-11-20-16)22-15-18(24-4-2)9-13-23-14-10-18/h5-7,11H,3-4,8-10,12-15H2,1-2H3,(H2,19,21,22). The van der Waals surface area contributed by atoms with Gasteiger partial charge in [-0.15, -0.1) is 0 Å². The normalized spacial score (nSPS) is 17.5. The van der Waals surface area contributed by atoms with Crippen molar-refractivity contribution in [3.05, 3.63) is 30.1 Å². The monoisotopic (exact) mass is 350 g/mol. The molecular formula is C18H30N4OS. The molecule has 134 valence electrons. The summed E-state index contributed by atoms with van der Waals surface area (Å²) in [6, 6.07) is 6.03. The van der Waals surface area contributed by atoms with Crippen molar-refractivity contribution in [1.29, 1.82) is 0 Å². The summed E-state index contributed by atoms with van der Waals surface area (Å²) in [5, 5.41) is 6.77. The van der Waals surface area contributed by atoms with Gasteiger partial charge >= 0.3 is 0 Å². The number of guanidine groups is 1. The third-order valence-electron chi connectivity index (χ3n) is 4.12. The van der Waals surface area contributed by atoms with Crippen molar-refractivity contribution >= 4 is 17.7 Å². The third-order valence-corrected chi connectivity index (χ3v) is 5.56. The molecule has 0 aromatic carbocycles. The molecule has 1 aromatic heterocycles. The Morgan fingerprint density at radius 2 is 2.12 bits per heavy atom. The fourth-order valence-electron chi connectivity index (χ4n) is 2.82. The molecule has 0 spiro atoms. The molecule has 1 fully saturated rings. The minimum Gasteiger partial charge on any atom is -0.381 e. The zero-order valence-corrected chi connectivity index (χ0v) is 15.7. The fourth-order valence-corrected chi connectivity index (χ4v) is 4.04. The van der Waals surface area contributed by atoms with Gasteiger partial charge in [-0.3, -0.25) is 9.98 Å². The van der Waals surface area contributed by atoms with Crippen molar-refractivity contribution < 1.29 is 4.74 Å². The lowest BCUT2D eigenvalue weighted by Gasteiger charge is -2.35. The molecule has 2 heterocycles. The van der Waals surface area contributed by atoms with Crippen molar-refractivity contribution in [3.63, 3.8) is 0 Å². The maximum absolute atomic E-state index is 5.54. The predicted octanol–water partition coefficient (Wildman–Crippen LogP) is 2.48. The van der Waals surface area contributed by atoms with E-state index in [0.29, 0.717) is 0 Å². The van der Waals surface area contributed by atoms with E-state index in [2.05, 4.69) is 35.5 Å². The number of aromatic nitrogens is 1. The maximum Gasteiger partial charge on any atom is 0.191 e. The number of aliphatic imine (C=N–C) groups is 1. The number of pyridine rings is 1. The zero-order chi connectivity index (χ0) is 17.1. The lowest BCUT2D eigenvalue weighted by Crippen LogP contribution is -2.41. The molecule has 0 unspecified atom stereocenters. The van der Waals surface area contributed by atoms with Gasteiger partial charge in [0.25, 0.3) is 0 Å². The van der Waals surface area contributed by atoms with Crippen LogP contribution in [-0.4, -0.2) is 54.3 Å². The van der Waals surface area contributed by atoms with Gasteiger partial charge in [-0.2, -0.15) is 11.8 Å². The molecule has 0 bridgehead atoms. The Hall–Kier alpha value is -1.27. The molecule has 0 radical (unpaired) electrons. The number of nitrogens with zero attached hydrogens (tertiary/aromatic N) is 2. The van der Waals surface area contributed by atoms with Crippen LogP contribution in [0, 0.1) is 0 Å². The Balaban J connectivity index is 1.88. The summed E-state index contributed by atoms with van der Waals surface area (Å²) >= 11 is 2.03. The Labute approximate surface area is 150 Å². The first-order valence-corrected chi connectivity index (χ1v) is 9.90. The second kappa shape index (κ2) is 10.6. The summed E-state index contributed by atoms with van der Waals surface area (Å²) in [5.74, 6) is 2.02. The summed E-state index contributed by atoms with van der Waals surface area (Å²) in [7, 11) is 0. The molecule has 24 heavy (non-hydrogen) atoms. The molecule has 1 aliphatic rings. The molecular weight excluding hydrogens is 320 g/mol. The van der Waals surface area contributed by atoms with Gasteiger partial charge in [0, 0.05) is 49.4 Å². The SMILES string of the molecule is CCNC(=NCC1(SCC)CCOCC1)NCCc1ccccn1. The molecule has 1 aromatic rings. The van der Waals surface area contributed by atoms with E-state index in [9.17, 15) is 0 Å². The van der Waals surface area contributed by atoms with Gasteiger partial charge in [-0.05, 0) is 37.7 Å². The van der Waals surface area contributed by atoms with Crippen molar-refractivity contribution in [2.45, 2.75) is 37.9 Å². The number of hydrogen-bond acceptors (Lipinski definition) is 4. The van der Waals surface area contributed by atoms with Crippen LogP contribution in [0.4, 0.5) is 0 Å². The topological polar surface area (TPSA) is 58.5 Å². The minimum atomic E-state index is 0.232. The summed E-state index contributed by atoms with van der Waals surface area (Å²) in [6.45, 7) is 8.57. The summed E-state index contributed by atoms with van der Waals surface area (Å²) in [4.78, 5) is 9.22. The Bertz CT molecular complexity index is 484. The molecule has 0 amide bonds. The lowest BCUT2D eigenvalue weighted by molar-refractivity contribution is 0.0793. The van der Waals surface area contributed by atoms with Gasteiger partial charge in [0.15, 0.2) is 5.96 Å². The van der Waals surface area contributed by atoms with Crippen LogP contribution in [0.5, 0.6) is 0 Å². The van der Waals surface area contributed by atoms with Gasteiger partial charge in [-0.25, -0.2) is 0 Å². The molecule has 0 aliphatic carbocycles. The fraction of sp³-hybridized carbons (Fsp3) is 0.667. The van der Waals surface area contributed by atoms with Crippen LogP contribution in [0.15, 0.2) is 29.4 Å². The van der Waals surface area contributed by atoms with E-state index >= 15 is 0 Å². The van der Waals surface area contributed by atoms with Gasteiger partial charge < -0.3 is 15.4 Å². The van der Waals surface area contributed by atoms with Gasteiger partial charge in [-0.1, -0.05) is 13.0 Å². The first kappa shape index (κ1) is 19.1. The Morgan fingerprint density at radius 3 is 2.79 bits per heavy atom. The summed E-state index contributed by atoms with van der Waals surface area (Å²) in [6.07, 6.45) is 4.91. The lowest BCUT2D eigenvalue weighted by atomic mass is 9.99. The molecule has 1 saturated heterocycles. The maximum atomic E-state index is 5.54. The number of nitrogens with one attached hydrogen (secondary N) is 2. The number of thioether (sulfide) groups is 1. The van der Waals surface area contributed by atoms with Crippen LogP contribution in [0.2, 0.25) is 0 Å². The van der Waals surface area contributed by atoms with Gasteiger partial charge in [0.1, 0.15) is 0 Å². The van der Waals surface area contributed by atoms with Crippen LogP contribution in [0.3, 0.4) is 0 Å². The predicted molar refractivity (Wildman–Crippen MR) is 103 cm³/mol. The van der Waals surface area contributed by atoms with E-state index in [4.69, 9.17) is 9.73 Å². The van der Waals surface area contributed by atoms with Crippen LogP contribution < -0.4 is 10.6 Å². The largest absolute Gasteiger partial charge is 0.381 e. The third kappa shape index (κ3) is 6.32. The van der Waals surface area contributed by atoms with E-state index in [1.807, 2.05) is 30.1 Å². The van der Waals surface area contributed by atoms with Crippen molar-refractivity contribution in [3.8, 4) is 0 Å². The van der Waals surface area contributed by atoms with Crippen molar-refractivity contribution in [2.75, 3.05) is 38.6 Å². The van der Waals surface area contributed by atoms with E-state index in [1.165, 1.54) is 0 Å². The Morgan fingerprint density at radius 1 is 1.29 bits per heavy atom. The molecule has 1 aliphatic heterocycles. The molecule has 2 rings (SSSR count). The average molecular weight is 351 g/mol. The number of hydrogen-bond donors (Lipinski definition) is 2. The summed E-state index contributed by atoms with van der Waals surface area (Å²) < 4.78 is 5.77. The molecule has 5 nitrogen and oxygen atoms in total. The highest BCUT2D eigenvalue weighted by molar-refractivity contribution is 8.00. The molecule has 0 atom stereocenters. The quantitative estimate of drug-likeness (QED) is 0.557. The molecule has 0 saturated carbocycles. The number of ether oxygens (including phenoxy) is 1. The zero-order valence-electron chi connectivity index (χ0n) is 14.9. The highest BCUT2D eigenvalue weighted by Gasteiger charge is 2.32. The minimum absolute atomic E-state index is 0.232. The first-order chi connectivity index (χ1) is 11.8. The van der Waals surface area contributed by atoms with E-state index < -0.39 is 0 Å². The smallest absolute Gasteiger partial charge is 0.191 e. The summed E-state index contributed by atoms with van der Waals surface area (Å²) in [5.41, 5.74) is 1.10. The molecule has 2 N–H and O–H groups in total. The van der Waals surface area contributed by atoms with Crippen LogP contribution in [0.25, 0.3) is 0 Å². The highest BCUT2D eigenvalue weighted by Crippen LogP contribution is 2.35. The van der Waals surface area contributed by atoms with E-state index in [-0.39, 0.29) is 4.75 Å². The first-order valence-electron chi connectivity index (χ1n) is 8.92. The van der Waals surface area contributed by atoms with E-state index in [0.717, 1.165) is 69.5 Å². The number of rotatable bonds is 8. The average Bonchev–Trinajstić information content (AvgIpc) is 2.62. The van der Waals surface area contributed by atoms with Gasteiger partial charge in [0.05, 0.1) is 6.54 Å². The second-order valence-corrected chi connectivity index (χ2v) is 7.65. The van der Waals surface area contributed by atoms with Crippen LogP contribution in [0.1, 0.15) is 32.4 Å². The van der Waals surface area contributed by atoms with Crippen molar-refractivity contribution in [2.24, 2.45) is 4.99 Å². The Kier molecular flexibility index (Phi) is 8.39. The van der Waals surface area contributed by atoms with Gasteiger partial charge in [0.2, 0.25) is 0 Å². The van der Waals surface area contributed by atoms with Crippen LogP contribution >= 0.6 is 11.8 Å². The van der Waals surface area contributed by atoms with Crippen molar-refractivity contribution in [1.82, 2.24) is 15.6 Å². The second-order valence-electron chi connectivity index (χ2n) is 5.92. The highest BCUT2D eigenvalue weighted by atomic mass is 32.2. The van der Waals surface area contributed by atoms with Crippen LogP contribution in [-0.2, 0) is 11.2 Å².